The molecular weight excluding hydrogens is 266 g/mol. The quantitative estimate of drug-likeness (QED) is 0.850. The van der Waals surface area contributed by atoms with Crippen molar-refractivity contribution in [1.82, 2.24) is 14.8 Å². The molecule has 1 saturated heterocycles. The number of nitrogens with two attached hydrogens (primary N) is 1. The summed E-state index contributed by atoms with van der Waals surface area (Å²) in [5, 5.41) is 0. The molecule has 0 atom stereocenters. The fraction of sp³-hybridized carbons (Fsp3) is 0.533. The molecule has 1 aliphatic heterocycles. The van der Waals surface area contributed by atoms with Gasteiger partial charge < -0.3 is 20.0 Å². The maximum absolute atomic E-state index is 5.83. The smallest absolute Gasteiger partial charge is 0.298 e. The summed E-state index contributed by atoms with van der Waals surface area (Å²) in [5.74, 6) is 0. The van der Waals surface area contributed by atoms with Gasteiger partial charge in [0.15, 0.2) is 5.58 Å². The highest BCUT2D eigenvalue weighted by atomic mass is 16.4. The molecule has 6 nitrogen and oxygen atoms in total. The molecule has 0 bridgehead atoms. The van der Waals surface area contributed by atoms with Crippen LogP contribution in [0.2, 0.25) is 0 Å². The van der Waals surface area contributed by atoms with Crippen LogP contribution in [0.1, 0.15) is 0 Å². The molecule has 1 aromatic heterocycles. The third-order valence-corrected chi connectivity index (χ3v) is 3.91. The van der Waals surface area contributed by atoms with Crippen molar-refractivity contribution >= 4 is 22.8 Å². The fourth-order valence-corrected chi connectivity index (χ4v) is 2.57. The minimum Gasteiger partial charge on any atom is -0.423 e. The van der Waals surface area contributed by atoms with E-state index < -0.39 is 0 Å². The number of benzene rings is 1. The number of nitrogens with zero attached hydrogens (tertiary/aromatic N) is 4. The second-order valence-electron chi connectivity index (χ2n) is 5.86. The normalized spacial score (nSPS) is 17.0. The van der Waals surface area contributed by atoms with Crippen LogP contribution < -0.4 is 10.6 Å². The molecule has 0 aliphatic carbocycles. The van der Waals surface area contributed by atoms with Crippen molar-refractivity contribution in [2.45, 2.75) is 0 Å². The zero-order valence-corrected chi connectivity index (χ0v) is 12.7. The number of nitrogen functional groups attached to an aromatic ring is 1. The lowest BCUT2D eigenvalue weighted by Crippen LogP contribution is -2.48. The molecule has 1 fully saturated rings. The monoisotopic (exact) mass is 289 g/mol. The van der Waals surface area contributed by atoms with Gasteiger partial charge in [-0.1, -0.05) is 0 Å². The van der Waals surface area contributed by atoms with E-state index in [0.29, 0.717) is 11.7 Å². The number of fused-ring (bicyclic) bond motifs is 1. The van der Waals surface area contributed by atoms with Crippen LogP contribution in [0.25, 0.3) is 11.1 Å². The van der Waals surface area contributed by atoms with Crippen molar-refractivity contribution in [3.63, 3.8) is 0 Å². The highest BCUT2D eigenvalue weighted by Crippen LogP contribution is 2.24. The third kappa shape index (κ3) is 3.28. The Labute approximate surface area is 125 Å². The van der Waals surface area contributed by atoms with Crippen LogP contribution in [0.5, 0.6) is 0 Å². The molecule has 114 valence electrons. The van der Waals surface area contributed by atoms with E-state index in [1.807, 2.05) is 18.2 Å². The van der Waals surface area contributed by atoms with Gasteiger partial charge in [-0.05, 0) is 26.2 Å². The lowest BCUT2D eigenvalue weighted by Gasteiger charge is -2.34. The number of anilines is 2. The van der Waals surface area contributed by atoms with Gasteiger partial charge in [-0.15, -0.1) is 0 Å². The molecule has 0 saturated carbocycles. The van der Waals surface area contributed by atoms with E-state index in [2.05, 4.69) is 33.8 Å². The summed E-state index contributed by atoms with van der Waals surface area (Å²) >= 11 is 0. The Morgan fingerprint density at radius 2 is 2.00 bits per heavy atom. The molecule has 0 spiro atoms. The third-order valence-electron chi connectivity index (χ3n) is 3.91. The second-order valence-corrected chi connectivity index (χ2v) is 5.86. The van der Waals surface area contributed by atoms with Crippen molar-refractivity contribution in [2.75, 3.05) is 64.0 Å². The van der Waals surface area contributed by atoms with Crippen molar-refractivity contribution in [3.05, 3.63) is 18.2 Å². The Hall–Kier alpha value is -1.79. The van der Waals surface area contributed by atoms with Crippen LogP contribution in [-0.2, 0) is 0 Å². The van der Waals surface area contributed by atoms with E-state index in [-0.39, 0.29) is 0 Å². The molecule has 1 aromatic carbocycles. The van der Waals surface area contributed by atoms with Gasteiger partial charge >= 0.3 is 0 Å². The Kier molecular flexibility index (Phi) is 3.98. The molecule has 0 amide bonds. The van der Waals surface area contributed by atoms with Crippen molar-refractivity contribution in [2.24, 2.45) is 0 Å². The van der Waals surface area contributed by atoms with E-state index in [1.165, 1.54) is 0 Å². The predicted octanol–water partition coefficient (Wildman–Crippen LogP) is 1.09. The van der Waals surface area contributed by atoms with Crippen LogP contribution in [0, 0.1) is 0 Å². The molecule has 6 heteroatoms. The van der Waals surface area contributed by atoms with Crippen molar-refractivity contribution in [1.29, 1.82) is 0 Å². The van der Waals surface area contributed by atoms with Crippen molar-refractivity contribution < 1.29 is 4.42 Å². The van der Waals surface area contributed by atoms with Gasteiger partial charge in [0, 0.05) is 51.0 Å². The molecule has 1 aliphatic rings. The number of piperazine rings is 1. The zero-order valence-electron chi connectivity index (χ0n) is 12.7. The Morgan fingerprint density at radius 3 is 2.71 bits per heavy atom. The zero-order chi connectivity index (χ0) is 14.8. The Morgan fingerprint density at radius 1 is 1.24 bits per heavy atom. The topological polar surface area (TPSA) is 61.8 Å². The lowest BCUT2D eigenvalue weighted by molar-refractivity contribution is 0.226. The predicted molar refractivity (Wildman–Crippen MR) is 85.6 cm³/mol. The molecule has 3 rings (SSSR count). The number of oxazole rings is 1. The first-order valence-corrected chi connectivity index (χ1v) is 7.40. The average molecular weight is 289 g/mol. The summed E-state index contributed by atoms with van der Waals surface area (Å²) in [6.07, 6.45) is 0. The van der Waals surface area contributed by atoms with Gasteiger partial charge in [0.2, 0.25) is 0 Å². The Bertz CT molecular complexity index is 601. The first kappa shape index (κ1) is 14.2. The summed E-state index contributed by atoms with van der Waals surface area (Å²) in [6, 6.07) is 6.31. The summed E-state index contributed by atoms with van der Waals surface area (Å²) < 4.78 is 5.83. The minimum absolute atomic E-state index is 0.707. The van der Waals surface area contributed by atoms with Gasteiger partial charge in [0.05, 0.1) is 0 Å². The fourth-order valence-electron chi connectivity index (χ4n) is 2.57. The molecular formula is C15H23N5O. The number of hydrogen-bond acceptors (Lipinski definition) is 6. The summed E-state index contributed by atoms with van der Waals surface area (Å²) in [5.41, 5.74) is 8.12. The first-order valence-electron chi connectivity index (χ1n) is 7.40. The number of rotatable bonds is 4. The first-order chi connectivity index (χ1) is 10.1. The van der Waals surface area contributed by atoms with Crippen LogP contribution in [0.4, 0.5) is 11.7 Å². The SMILES string of the molecule is CN(C)CCN1CCN(c2nc3ccc(N)cc3o2)CC1. The molecule has 2 N–H and O–H groups in total. The molecule has 21 heavy (non-hydrogen) atoms. The van der Waals surface area contributed by atoms with E-state index in [9.17, 15) is 0 Å². The molecule has 2 aromatic rings. The van der Waals surface area contributed by atoms with Gasteiger partial charge in [-0.25, -0.2) is 0 Å². The number of likely N-dealkylation sites (N-methyl/N-ethyl adjacent to an activating group) is 1. The second kappa shape index (κ2) is 5.91. The van der Waals surface area contributed by atoms with Gasteiger partial charge in [-0.3, -0.25) is 4.90 Å². The maximum Gasteiger partial charge on any atom is 0.298 e. The number of aromatic nitrogens is 1. The van der Waals surface area contributed by atoms with E-state index in [1.54, 1.807) is 0 Å². The minimum atomic E-state index is 0.707. The van der Waals surface area contributed by atoms with Crippen LogP contribution in [0.3, 0.4) is 0 Å². The molecule has 0 radical (unpaired) electrons. The average Bonchev–Trinajstić information content (AvgIpc) is 2.88. The highest BCUT2D eigenvalue weighted by molar-refractivity contribution is 5.78. The van der Waals surface area contributed by atoms with Gasteiger partial charge in [-0.2, -0.15) is 4.98 Å². The van der Waals surface area contributed by atoms with Crippen LogP contribution >= 0.6 is 0 Å². The van der Waals surface area contributed by atoms with Gasteiger partial charge in [0.1, 0.15) is 5.52 Å². The largest absolute Gasteiger partial charge is 0.423 e. The lowest BCUT2D eigenvalue weighted by atomic mass is 10.3. The van der Waals surface area contributed by atoms with Crippen molar-refractivity contribution in [3.8, 4) is 0 Å². The highest BCUT2D eigenvalue weighted by Gasteiger charge is 2.20. The Balaban J connectivity index is 1.62. The summed E-state index contributed by atoms with van der Waals surface area (Å²) in [7, 11) is 4.22. The van der Waals surface area contributed by atoms with E-state index in [0.717, 1.165) is 50.4 Å². The van der Waals surface area contributed by atoms with Crippen LogP contribution in [-0.4, -0.2) is 68.1 Å². The van der Waals surface area contributed by atoms with Crippen LogP contribution in [0.15, 0.2) is 22.6 Å². The molecule has 0 unspecified atom stereocenters. The molecule has 2 heterocycles. The standard InChI is InChI=1S/C15H23N5O/c1-18(2)5-6-19-7-9-20(10-8-19)15-17-13-4-3-12(16)11-14(13)21-15/h3-4,11H,5-10,16H2,1-2H3. The summed E-state index contributed by atoms with van der Waals surface area (Å²) in [6.45, 7) is 6.22. The number of hydrogen-bond donors (Lipinski definition) is 1. The van der Waals surface area contributed by atoms with E-state index in [4.69, 9.17) is 10.2 Å². The summed E-state index contributed by atoms with van der Waals surface area (Å²) in [4.78, 5) is 11.5. The van der Waals surface area contributed by atoms with Gasteiger partial charge in [0.25, 0.3) is 6.01 Å². The van der Waals surface area contributed by atoms with E-state index >= 15 is 0 Å². The maximum atomic E-state index is 5.83.